The molecule has 1 aromatic carbocycles. The van der Waals surface area contributed by atoms with E-state index in [0.717, 1.165) is 44.3 Å². The number of rotatable bonds is 2. The molecule has 1 saturated carbocycles. The molecule has 0 spiro atoms. The summed E-state index contributed by atoms with van der Waals surface area (Å²) < 4.78 is 13.0. The second-order valence-corrected chi connectivity index (χ2v) is 6.62. The summed E-state index contributed by atoms with van der Waals surface area (Å²) in [6, 6.07) is 7.47. The van der Waals surface area contributed by atoms with Gasteiger partial charge in [-0.3, -0.25) is 4.79 Å². The molecule has 1 amide bonds. The van der Waals surface area contributed by atoms with Crippen LogP contribution in [0.5, 0.6) is 0 Å². The van der Waals surface area contributed by atoms with Crippen LogP contribution < -0.4 is 5.32 Å². The van der Waals surface area contributed by atoms with E-state index < -0.39 is 0 Å². The monoisotopic (exact) mass is 324 g/mol. The Hall–Kier alpha value is -1.13. The number of hydrogen-bond acceptors (Lipinski definition) is 2. The lowest BCUT2D eigenvalue weighted by molar-refractivity contribution is -0.135. The van der Waals surface area contributed by atoms with Gasteiger partial charge in [0.25, 0.3) is 0 Å². The van der Waals surface area contributed by atoms with Gasteiger partial charge in [-0.2, -0.15) is 0 Å². The van der Waals surface area contributed by atoms with E-state index in [9.17, 15) is 9.18 Å². The van der Waals surface area contributed by atoms with Gasteiger partial charge in [-0.05, 0) is 55.8 Å². The molecular weight excluding hydrogens is 303 g/mol. The van der Waals surface area contributed by atoms with Gasteiger partial charge in [0.05, 0.1) is 0 Å². The van der Waals surface area contributed by atoms with Crippen LogP contribution in [0.3, 0.4) is 0 Å². The standard InChI is InChI=1S/C17H21FN2O.ClH/c18-12-3-1-11(2-4-12)15-9-16(15)17(21)20-13-5-6-14(20)10-19-8-7-13;/h1-4,13-16,19H,5-10H2;1H. The van der Waals surface area contributed by atoms with Crippen LogP contribution in [-0.2, 0) is 4.79 Å². The molecule has 22 heavy (non-hydrogen) atoms. The lowest BCUT2D eigenvalue weighted by Crippen LogP contribution is -2.43. The van der Waals surface area contributed by atoms with Gasteiger partial charge in [0.2, 0.25) is 5.91 Å². The maximum Gasteiger partial charge on any atom is 0.226 e. The Balaban J connectivity index is 0.00000144. The molecule has 3 aliphatic rings. The molecule has 1 aliphatic carbocycles. The van der Waals surface area contributed by atoms with Crippen molar-refractivity contribution in [2.45, 2.75) is 43.7 Å². The quantitative estimate of drug-likeness (QED) is 0.907. The maximum absolute atomic E-state index is 13.0. The average Bonchev–Trinajstić information content (AvgIpc) is 3.19. The first-order chi connectivity index (χ1) is 10.2. The largest absolute Gasteiger partial charge is 0.335 e. The van der Waals surface area contributed by atoms with Crippen LogP contribution in [0.4, 0.5) is 4.39 Å². The van der Waals surface area contributed by atoms with Gasteiger partial charge in [-0.25, -0.2) is 4.39 Å². The van der Waals surface area contributed by atoms with Crippen LogP contribution in [-0.4, -0.2) is 36.0 Å². The highest BCUT2D eigenvalue weighted by atomic mass is 35.5. The molecule has 4 rings (SSSR count). The Bertz CT molecular complexity index is 536. The van der Waals surface area contributed by atoms with Crippen molar-refractivity contribution >= 4 is 18.3 Å². The SMILES string of the molecule is Cl.O=C(C1CC1c1ccc(F)cc1)N1C2CCNCC1CC2. The Morgan fingerprint density at radius 2 is 1.86 bits per heavy atom. The van der Waals surface area contributed by atoms with E-state index in [-0.39, 0.29) is 24.1 Å². The van der Waals surface area contributed by atoms with Crippen LogP contribution in [0, 0.1) is 11.7 Å². The van der Waals surface area contributed by atoms with Crippen LogP contribution in [0.1, 0.15) is 37.2 Å². The van der Waals surface area contributed by atoms with Crippen LogP contribution >= 0.6 is 12.4 Å². The fourth-order valence-electron chi connectivity index (χ4n) is 4.08. The van der Waals surface area contributed by atoms with Gasteiger partial charge in [-0.15, -0.1) is 12.4 Å². The lowest BCUT2D eigenvalue weighted by Gasteiger charge is -2.28. The van der Waals surface area contributed by atoms with Crippen molar-refractivity contribution in [3.8, 4) is 0 Å². The van der Waals surface area contributed by atoms with Gasteiger partial charge in [0, 0.05) is 24.5 Å². The zero-order valence-electron chi connectivity index (χ0n) is 12.5. The second-order valence-electron chi connectivity index (χ2n) is 6.62. The predicted octanol–water partition coefficient (Wildman–Crippen LogP) is 2.70. The first-order valence-electron chi connectivity index (χ1n) is 8.02. The molecular formula is C17H22ClFN2O. The molecule has 3 fully saturated rings. The third kappa shape index (κ3) is 2.74. The highest BCUT2D eigenvalue weighted by molar-refractivity contribution is 5.85. The van der Waals surface area contributed by atoms with Crippen molar-refractivity contribution in [3.63, 3.8) is 0 Å². The van der Waals surface area contributed by atoms with Crippen molar-refractivity contribution < 1.29 is 9.18 Å². The van der Waals surface area contributed by atoms with E-state index in [2.05, 4.69) is 10.2 Å². The van der Waals surface area contributed by atoms with Gasteiger partial charge in [0.1, 0.15) is 5.82 Å². The topological polar surface area (TPSA) is 32.3 Å². The highest BCUT2D eigenvalue weighted by Gasteiger charge is 2.49. The summed E-state index contributed by atoms with van der Waals surface area (Å²) in [6.07, 6.45) is 4.30. The van der Waals surface area contributed by atoms with Gasteiger partial charge < -0.3 is 10.2 Å². The molecule has 2 heterocycles. The molecule has 1 aromatic rings. The molecule has 0 radical (unpaired) electrons. The third-order valence-electron chi connectivity index (χ3n) is 5.31. The third-order valence-corrected chi connectivity index (χ3v) is 5.31. The number of carbonyl (C=O) groups is 1. The highest BCUT2D eigenvalue weighted by Crippen LogP contribution is 2.49. The van der Waals surface area contributed by atoms with Crippen molar-refractivity contribution in [2.75, 3.05) is 13.1 Å². The summed E-state index contributed by atoms with van der Waals surface area (Å²) in [4.78, 5) is 15.0. The Morgan fingerprint density at radius 3 is 2.64 bits per heavy atom. The number of nitrogens with one attached hydrogen (secondary N) is 1. The lowest BCUT2D eigenvalue weighted by atomic mass is 10.1. The summed E-state index contributed by atoms with van der Waals surface area (Å²) >= 11 is 0. The first kappa shape index (κ1) is 15.8. The van der Waals surface area contributed by atoms with E-state index in [1.165, 1.54) is 12.1 Å². The molecule has 4 unspecified atom stereocenters. The summed E-state index contributed by atoms with van der Waals surface area (Å²) in [5, 5.41) is 3.44. The molecule has 2 bridgehead atoms. The minimum atomic E-state index is -0.209. The smallest absolute Gasteiger partial charge is 0.226 e. The number of halogens is 2. The average molecular weight is 325 g/mol. The number of benzene rings is 1. The summed E-state index contributed by atoms with van der Waals surface area (Å²) in [5.74, 6) is 0.546. The van der Waals surface area contributed by atoms with Crippen LogP contribution in [0.15, 0.2) is 24.3 Å². The van der Waals surface area contributed by atoms with Gasteiger partial charge in [0.15, 0.2) is 0 Å². The number of hydrogen-bond donors (Lipinski definition) is 1. The van der Waals surface area contributed by atoms with E-state index in [0.29, 0.717) is 23.9 Å². The zero-order chi connectivity index (χ0) is 14.4. The molecule has 3 nitrogen and oxygen atoms in total. The molecule has 0 aromatic heterocycles. The summed E-state index contributed by atoms with van der Waals surface area (Å²) in [6.45, 7) is 1.97. The van der Waals surface area contributed by atoms with Crippen molar-refractivity contribution in [2.24, 2.45) is 5.92 Å². The first-order valence-corrected chi connectivity index (χ1v) is 8.02. The van der Waals surface area contributed by atoms with Gasteiger partial charge >= 0.3 is 0 Å². The molecule has 120 valence electrons. The van der Waals surface area contributed by atoms with Crippen molar-refractivity contribution in [3.05, 3.63) is 35.6 Å². The normalized spacial score (nSPS) is 33.0. The maximum atomic E-state index is 13.0. The van der Waals surface area contributed by atoms with Crippen LogP contribution in [0.2, 0.25) is 0 Å². The molecule has 2 saturated heterocycles. The summed E-state index contributed by atoms with van der Waals surface area (Å²) in [7, 11) is 0. The molecule has 5 heteroatoms. The van der Waals surface area contributed by atoms with E-state index in [1.807, 2.05) is 12.1 Å². The summed E-state index contributed by atoms with van der Waals surface area (Å²) in [5.41, 5.74) is 1.11. The minimum absolute atomic E-state index is 0. The Morgan fingerprint density at radius 1 is 1.14 bits per heavy atom. The zero-order valence-corrected chi connectivity index (χ0v) is 13.3. The van der Waals surface area contributed by atoms with Crippen molar-refractivity contribution in [1.82, 2.24) is 10.2 Å². The van der Waals surface area contributed by atoms with E-state index in [4.69, 9.17) is 0 Å². The number of fused-ring (bicyclic) bond motifs is 2. The number of carbonyl (C=O) groups excluding carboxylic acids is 1. The minimum Gasteiger partial charge on any atom is -0.335 e. The molecule has 2 aliphatic heterocycles. The van der Waals surface area contributed by atoms with Gasteiger partial charge in [-0.1, -0.05) is 12.1 Å². The predicted molar refractivity (Wildman–Crippen MR) is 85.6 cm³/mol. The van der Waals surface area contributed by atoms with E-state index in [1.54, 1.807) is 0 Å². The van der Waals surface area contributed by atoms with Crippen LogP contribution in [0.25, 0.3) is 0 Å². The second kappa shape index (κ2) is 6.17. The van der Waals surface area contributed by atoms with E-state index >= 15 is 0 Å². The molecule has 4 atom stereocenters. The fraction of sp³-hybridized carbons (Fsp3) is 0.588. The number of nitrogens with zero attached hydrogens (tertiary/aromatic N) is 1. The van der Waals surface area contributed by atoms with Crippen molar-refractivity contribution in [1.29, 1.82) is 0 Å². The fourth-order valence-corrected chi connectivity index (χ4v) is 4.08. The molecule has 1 N–H and O–H groups in total. The number of amides is 1. The Kier molecular flexibility index (Phi) is 4.42. The Labute approximate surface area is 136 Å².